The average Bonchev–Trinajstić information content (AvgIpc) is 2.69. The summed E-state index contributed by atoms with van der Waals surface area (Å²) in [6.45, 7) is 5.80. The smallest absolute Gasteiger partial charge is 0.196 e. The summed E-state index contributed by atoms with van der Waals surface area (Å²) in [5.74, 6) is 1.67. The van der Waals surface area contributed by atoms with Crippen LogP contribution in [-0.4, -0.2) is 33.3 Å². The molecule has 0 aromatic heterocycles. The largest absolute Gasteiger partial charge is 0.493 e. The van der Waals surface area contributed by atoms with Crippen molar-refractivity contribution in [2.45, 2.75) is 27.0 Å². The highest BCUT2D eigenvalue weighted by Gasteiger charge is 2.08. The van der Waals surface area contributed by atoms with Gasteiger partial charge in [0.1, 0.15) is 5.82 Å². The van der Waals surface area contributed by atoms with Crippen LogP contribution < -0.4 is 20.1 Å². The lowest BCUT2D eigenvalue weighted by Gasteiger charge is -2.14. The van der Waals surface area contributed by atoms with E-state index in [4.69, 9.17) is 14.2 Å². The first-order chi connectivity index (χ1) is 13.6. The van der Waals surface area contributed by atoms with Gasteiger partial charge in [-0.1, -0.05) is 6.07 Å². The molecule has 2 aromatic rings. The van der Waals surface area contributed by atoms with E-state index in [0.717, 1.165) is 11.3 Å². The first-order valence-corrected chi connectivity index (χ1v) is 9.23. The van der Waals surface area contributed by atoms with Crippen LogP contribution in [0.25, 0.3) is 0 Å². The number of anilines is 1. The van der Waals surface area contributed by atoms with Gasteiger partial charge in [0, 0.05) is 31.0 Å². The Labute approximate surface area is 165 Å². The number of aliphatic imine (C=N–C) groups is 1. The van der Waals surface area contributed by atoms with Crippen molar-refractivity contribution >= 4 is 11.6 Å². The van der Waals surface area contributed by atoms with E-state index in [1.54, 1.807) is 26.4 Å². The van der Waals surface area contributed by atoms with Crippen molar-refractivity contribution in [1.82, 2.24) is 5.32 Å². The number of rotatable bonds is 9. The number of hydrogen-bond acceptors (Lipinski definition) is 4. The number of nitrogens with zero attached hydrogens (tertiary/aromatic N) is 1. The summed E-state index contributed by atoms with van der Waals surface area (Å²) >= 11 is 0. The monoisotopic (exact) mass is 389 g/mol. The van der Waals surface area contributed by atoms with Gasteiger partial charge in [-0.25, -0.2) is 9.38 Å². The summed E-state index contributed by atoms with van der Waals surface area (Å²) in [5, 5.41) is 6.46. The molecule has 6 nitrogen and oxygen atoms in total. The number of halogens is 1. The summed E-state index contributed by atoms with van der Waals surface area (Å²) in [5.41, 5.74) is 2.24. The second kappa shape index (κ2) is 11.1. The molecule has 0 aliphatic carbocycles. The molecular formula is C21H28FN3O3. The highest BCUT2D eigenvalue weighted by atomic mass is 19.1. The zero-order valence-electron chi connectivity index (χ0n) is 16.8. The third-order valence-corrected chi connectivity index (χ3v) is 3.90. The van der Waals surface area contributed by atoms with Crippen LogP contribution >= 0.6 is 0 Å². The molecule has 0 fully saturated rings. The van der Waals surface area contributed by atoms with Crippen LogP contribution in [0.5, 0.6) is 11.5 Å². The predicted octanol–water partition coefficient (Wildman–Crippen LogP) is 3.96. The molecule has 2 aromatic carbocycles. The van der Waals surface area contributed by atoms with Gasteiger partial charge in [-0.15, -0.1) is 0 Å². The quantitative estimate of drug-likeness (QED) is 0.502. The van der Waals surface area contributed by atoms with Crippen molar-refractivity contribution < 1.29 is 18.6 Å². The zero-order chi connectivity index (χ0) is 20.4. The Bertz CT molecular complexity index is 796. The Morgan fingerprint density at radius 2 is 1.89 bits per heavy atom. The molecule has 0 unspecified atom stereocenters. The summed E-state index contributed by atoms with van der Waals surface area (Å²) in [6.07, 6.45) is 0. The van der Waals surface area contributed by atoms with E-state index in [1.165, 1.54) is 6.07 Å². The number of ether oxygens (including phenoxy) is 3. The minimum atomic E-state index is -0.277. The van der Waals surface area contributed by atoms with E-state index in [-0.39, 0.29) is 12.4 Å². The number of nitrogens with one attached hydrogen (secondary N) is 2. The highest BCUT2D eigenvalue weighted by molar-refractivity contribution is 5.93. The van der Waals surface area contributed by atoms with Crippen LogP contribution in [0.15, 0.2) is 41.4 Å². The Morgan fingerprint density at radius 3 is 2.57 bits per heavy atom. The minimum Gasteiger partial charge on any atom is -0.493 e. The summed E-state index contributed by atoms with van der Waals surface area (Å²) < 4.78 is 29.7. The molecule has 152 valence electrons. The van der Waals surface area contributed by atoms with Crippen LogP contribution in [0, 0.1) is 5.82 Å². The Balaban J connectivity index is 2.16. The number of methoxy groups -OCH3 is 2. The number of hydrogen-bond donors (Lipinski definition) is 2. The molecule has 0 aliphatic heterocycles. The first-order valence-electron chi connectivity index (χ1n) is 9.23. The molecule has 0 spiro atoms. The fourth-order valence-electron chi connectivity index (χ4n) is 2.63. The van der Waals surface area contributed by atoms with E-state index in [1.807, 2.05) is 32.0 Å². The van der Waals surface area contributed by atoms with Gasteiger partial charge in [-0.2, -0.15) is 0 Å². The maximum absolute atomic E-state index is 13.8. The lowest BCUT2D eigenvalue weighted by Crippen LogP contribution is -2.30. The maximum atomic E-state index is 13.8. The third-order valence-electron chi connectivity index (χ3n) is 3.90. The van der Waals surface area contributed by atoms with Gasteiger partial charge in [0.2, 0.25) is 0 Å². The van der Waals surface area contributed by atoms with Gasteiger partial charge < -0.3 is 24.8 Å². The number of guanidine groups is 1. The fraction of sp³-hybridized carbons (Fsp3) is 0.381. The van der Waals surface area contributed by atoms with Gasteiger partial charge in [0.25, 0.3) is 0 Å². The molecule has 0 heterocycles. The normalized spacial score (nSPS) is 11.2. The van der Waals surface area contributed by atoms with E-state index < -0.39 is 0 Å². The standard InChI is InChI=1S/C21H28FN3O3/c1-5-23-21(24-13-15-7-9-18(22)16(11-15)14-26-3)25-17-8-10-19(27-4)20(12-17)28-6-2/h7-12H,5-6,13-14H2,1-4H3,(H2,23,24,25). The molecule has 2 N–H and O–H groups in total. The second-order valence-corrected chi connectivity index (χ2v) is 5.98. The van der Waals surface area contributed by atoms with Crippen molar-refractivity contribution in [3.05, 3.63) is 53.3 Å². The Morgan fingerprint density at radius 1 is 1.07 bits per heavy atom. The van der Waals surface area contributed by atoms with Gasteiger partial charge in [-0.3, -0.25) is 0 Å². The topological polar surface area (TPSA) is 64.1 Å². The molecular weight excluding hydrogens is 361 g/mol. The van der Waals surface area contributed by atoms with Crippen LogP contribution in [0.3, 0.4) is 0 Å². The second-order valence-electron chi connectivity index (χ2n) is 5.98. The van der Waals surface area contributed by atoms with E-state index in [2.05, 4.69) is 15.6 Å². The Hall–Kier alpha value is -2.80. The van der Waals surface area contributed by atoms with Gasteiger partial charge in [0.05, 0.1) is 26.9 Å². The molecule has 2 rings (SSSR count). The lowest BCUT2D eigenvalue weighted by atomic mass is 10.1. The molecule has 0 saturated carbocycles. The Kier molecular flexibility index (Phi) is 8.55. The average molecular weight is 389 g/mol. The first kappa shape index (κ1) is 21.5. The molecule has 0 atom stereocenters. The number of benzene rings is 2. The molecule has 7 heteroatoms. The summed E-state index contributed by atoms with van der Waals surface area (Å²) in [7, 11) is 3.15. The van der Waals surface area contributed by atoms with Crippen molar-refractivity contribution in [1.29, 1.82) is 0 Å². The van der Waals surface area contributed by atoms with Gasteiger partial charge in [-0.05, 0) is 43.7 Å². The van der Waals surface area contributed by atoms with Crippen LogP contribution in [0.4, 0.5) is 10.1 Å². The highest BCUT2D eigenvalue weighted by Crippen LogP contribution is 2.30. The SMILES string of the molecule is CCNC(=NCc1ccc(F)c(COC)c1)Nc1ccc(OC)c(OCC)c1. The molecule has 0 amide bonds. The van der Waals surface area contributed by atoms with E-state index >= 15 is 0 Å². The third kappa shape index (κ3) is 6.13. The van der Waals surface area contributed by atoms with Crippen LogP contribution in [-0.2, 0) is 17.9 Å². The van der Waals surface area contributed by atoms with Gasteiger partial charge in [0.15, 0.2) is 17.5 Å². The van der Waals surface area contributed by atoms with Gasteiger partial charge >= 0.3 is 0 Å². The van der Waals surface area contributed by atoms with Crippen molar-refractivity contribution in [3.63, 3.8) is 0 Å². The van der Waals surface area contributed by atoms with Crippen molar-refractivity contribution in [3.8, 4) is 11.5 Å². The maximum Gasteiger partial charge on any atom is 0.196 e. The zero-order valence-corrected chi connectivity index (χ0v) is 16.8. The summed E-state index contributed by atoms with van der Waals surface area (Å²) in [6, 6.07) is 10.5. The van der Waals surface area contributed by atoms with Crippen molar-refractivity contribution in [2.24, 2.45) is 4.99 Å². The molecule has 0 radical (unpaired) electrons. The van der Waals surface area contributed by atoms with E-state index in [0.29, 0.717) is 42.7 Å². The predicted molar refractivity (Wildman–Crippen MR) is 110 cm³/mol. The van der Waals surface area contributed by atoms with Crippen LogP contribution in [0.2, 0.25) is 0 Å². The fourth-order valence-corrected chi connectivity index (χ4v) is 2.63. The van der Waals surface area contributed by atoms with Crippen molar-refractivity contribution in [2.75, 3.05) is 32.7 Å². The van der Waals surface area contributed by atoms with Crippen LogP contribution in [0.1, 0.15) is 25.0 Å². The molecule has 28 heavy (non-hydrogen) atoms. The molecule has 0 aliphatic rings. The lowest BCUT2D eigenvalue weighted by molar-refractivity contribution is 0.181. The van der Waals surface area contributed by atoms with E-state index in [9.17, 15) is 4.39 Å². The summed E-state index contributed by atoms with van der Waals surface area (Å²) in [4.78, 5) is 4.59. The minimum absolute atomic E-state index is 0.230. The molecule has 0 saturated heterocycles. The molecule has 0 bridgehead atoms.